The summed E-state index contributed by atoms with van der Waals surface area (Å²) in [5, 5.41) is 0. The summed E-state index contributed by atoms with van der Waals surface area (Å²) in [7, 11) is 1.58. The first kappa shape index (κ1) is 15.1. The number of benzene rings is 1. The molecule has 0 saturated heterocycles. The Bertz CT molecular complexity index is 630. The van der Waals surface area contributed by atoms with Gasteiger partial charge in [0.05, 0.1) is 4.90 Å². The molecule has 0 amide bonds. The normalized spacial score (nSPS) is 23.1. The second kappa shape index (κ2) is 6.02. The molecule has 0 spiro atoms. The Labute approximate surface area is 124 Å². The first-order valence-electron chi connectivity index (χ1n) is 6.47. The van der Waals surface area contributed by atoms with Crippen molar-refractivity contribution in [1.29, 1.82) is 0 Å². The van der Waals surface area contributed by atoms with Gasteiger partial charge in [0, 0.05) is 10.7 Å². The Morgan fingerprint density at radius 2 is 1.85 bits per heavy atom. The molecule has 0 fully saturated rings. The lowest BCUT2D eigenvalue weighted by Gasteiger charge is -2.11. The third-order valence-corrected chi connectivity index (χ3v) is 4.86. The highest BCUT2D eigenvalue weighted by atomic mass is 35.7. The molecule has 2 rings (SSSR count). The predicted octanol–water partition coefficient (Wildman–Crippen LogP) is 4.11. The summed E-state index contributed by atoms with van der Waals surface area (Å²) in [5.41, 5.74) is 0. The molecule has 108 valence electrons. The number of hydrogen-bond acceptors (Lipinski definition) is 3. The Balaban J connectivity index is 2.13. The van der Waals surface area contributed by atoms with Crippen LogP contribution in [0.3, 0.4) is 0 Å². The summed E-state index contributed by atoms with van der Waals surface area (Å²) in [6, 6.07) is 6.07. The van der Waals surface area contributed by atoms with Crippen molar-refractivity contribution in [2.45, 2.75) is 25.2 Å². The van der Waals surface area contributed by atoms with Gasteiger partial charge in [-0.25, -0.2) is 8.42 Å². The molecule has 0 heterocycles. The first-order valence-corrected chi connectivity index (χ1v) is 8.78. The largest absolute Gasteiger partial charge is 0.458 e. The van der Waals surface area contributed by atoms with Crippen LogP contribution in [0.1, 0.15) is 20.3 Å². The van der Waals surface area contributed by atoms with E-state index in [2.05, 4.69) is 26.0 Å². The third kappa shape index (κ3) is 3.87. The van der Waals surface area contributed by atoms with Crippen molar-refractivity contribution in [1.82, 2.24) is 0 Å². The molecule has 0 radical (unpaired) electrons. The Hall–Kier alpha value is -1.26. The van der Waals surface area contributed by atoms with Crippen LogP contribution >= 0.6 is 10.7 Å². The van der Waals surface area contributed by atoms with Crippen LogP contribution in [0, 0.1) is 11.8 Å². The minimum Gasteiger partial charge on any atom is -0.458 e. The van der Waals surface area contributed by atoms with Crippen LogP contribution in [0.2, 0.25) is 0 Å². The minimum absolute atomic E-state index is 0.0687. The summed E-state index contributed by atoms with van der Waals surface area (Å²) >= 11 is 0. The van der Waals surface area contributed by atoms with E-state index in [9.17, 15) is 8.42 Å². The second-order valence-corrected chi connectivity index (χ2v) is 7.61. The van der Waals surface area contributed by atoms with Crippen LogP contribution in [0.15, 0.2) is 53.1 Å². The topological polar surface area (TPSA) is 43.4 Å². The second-order valence-electron chi connectivity index (χ2n) is 5.05. The Morgan fingerprint density at radius 1 is 1.20 bits per heavy atom. The van der Waals surface area contributed by atoms with Crippen molar-refractivity contribution >= 4 is 19.7 Å². The van der Waals surface area contributed by atoms with E-state index in [1.54, 1.807) is 12.1 Å². The molecule has 0 saturated carbocycles. The zero-order valence-electron chi connectivity index (χ0n) is 11.4. The lowest BCUT2D eigenvalue weighted by molar-refractivity contribution is 0.437. The molecule has 20 heavy (non-hydrogen) atoms. The quantitative estimate of drug-likeness (QED) is 0.789. The molecule has 1 aromatic rings. The number of halogens is 1. The molecule has 2 unspecified atom stereocenters. The van der Waals surface area contributed by atoms with Crippen molar-refractivity contribution in [2.75, 3.05) is 0 Å². The lowest BCUT2D eigenvalue weighted by Crippen LogP contribution is -2.02. The van der Waals surface area contributed by atoms with Gasteiger partial charge in [-0.1, -0.05) is 19.9 Å². The molecule has 1 aliphatic rings. The SMILES string of the molecule is CC1C=CC(Oc2ccc(S(=O)(=O)Cl)cc2)=CCC1C. The molecule has 1 aromatic carbocycles. The van der Waals surface area contributed by atoms with Crippen LogP contribution in [0.4, 0.5) is 0 Å². The van der Waals surface area contributed by atoms with Gasteiger partial charge < -0.3 is 4.74 Å². The maximum absolute atomic E-state index is 11.2. The highest BCUT2D eigenvalue weighted by Crippen LogP contribution is 2.25. The zero-order valence-corrected chi connectivity index (χ0v) is 13.0. The monoisotopic (exact) mass is 312 g/mol. The predicted molar refractivity (Wildman–Crippen MR) is 80.3 cm³/mol. The fourth-order valence-corrected chi connectivity index (χ4v) is 2.67. The molecular formula is C15H17ClO3S. The van der Waals surface area contributed by atoms with Gasteiger partial charge in [0.15, 0.2) is 0 Å². The smallest absolute Gasteiger partial charge is 0.261 e. The molecule has 0 bridgehead atoms. The van der Waals surface area contributed by atoms with Crippen molar-refractivity contribution in [3.8, 4) is 5.75 Å². The summed E-state index contributed by atoms with van der Waals surface area (Å²) in [4.78, 5) is 0.0687. The van der Waals surface area contributed by atoms with E-state index in [0.717, 1.165) is 12.2 Å². The van der Waals surface area contributed by atoms with Crippen molar-refractivity contribution in [3.05, 3.63) is 48.3 Å². The summed E-state index contributed by atoms with van der Waals surface area (Å²) in [6.45, 7) is 4.38. The summed E-state index contributed by atoms with van der Waals surface area (Å²) in [5.74, 6) is 2.46. The summed E-state index contributed by atoms with van der Waals surface area (Å²) < 4.78 is 28.0. The van der Waals surface area contributed by atoms with E-state index in [0.29, 0.717) is 17.6 Å². The molecule has 1 aliphatic carbocycles. The van der Waals surface area contributed by atoms with Gasteiger partial charge in [-0.3, -0.25) is 0 Å². The Morgan fingerprint density at radius 3 is 2.45 bits per heavy atom. The maximum Gasteiger partial charge on any atom is 0.261 e. The van der Waals surface area contributed by atoms with Crippen LogP contribution < -0.4 is 4.74 Å². The van der Waals surface area contributed by atoms with Crippen molar-refractivity contribution in [2.24, 2.45) is 11.8 Å². The number of rotatable bonds is 3. The first-order chi connectivity index (χ1) is 9.36. The fraction of sp³-hybridized carbons (Fsp3) is 0.333. The number of ether oxygens (including phenoxy) is 1. The van der Waals surface area contributed by atoms with E-state index in [1.807, 2.05) is 6.08 Å². The van der Waals surface area contributed by atoms with Crippen LogP contribution in [-0.2, 0) is 9.05 Å². The van der Waals surface area contributed by atoms with E-state index in [1.165, 1.54) is 12.1 Å². The zero-order chi connectivity index (χ0) is 14.8. The molecule has 2 atom stereocenters. The van der Waals surface area contributed by atoms with Crippen LogP contribution in [0.5, 0.6) is 5.75 Å². The molecule has 0 N–H and O–H groups in total. The standard InChI is InChI=1S/C15H17ClO3S/c1-11-3-5-13(6-4-12(11)2)19-14-7-9-15(10-8-14)20(16,17)18/h3,5-12H,4H2,1-2H3. The van der Waals surface area contributed by atoms with Gasteiger partial charge >= 0.3 is 0 Å². The molecule has 0 aliphatic heterocycles. The van der Waals surface area contributed by atoms with Crippen molar-refractivity contribution in [3.63, 3.8) is 0 Å². The molecule has 5 heteroatoms. The van der Waals surface area contributed by atoms with E-state index in [-0.39, 0.29) is 4.90 Å². The highest BCUT2D eigenvalue weighted by molar-refractivity contribution is 8.13. The number of allylic oxidation sites excluding steroid dienone is 3. The van der Waals surface area contributed by atoms with Gasteiger partial charge in [-0.15, -0.1) is 0 Å². The van der Waals surface area contributed by atoms with E-state index >= 15 is 0 Å². The fourth-order valence-electron chi connectivity index (χ4n) is 1.90. The number of hydrogen-bond donors (Lipinski definition) is 0. The van der Waals surface area contributed by atoms with Gasteiger partial charge in [0.2, 0.25) is 0 Å². The van der Waals surface area contributed by atoms with E-state index < -0.39 is 9.05 Å². The molecule has 0 aromatic heterocycles. The van der Waals surface area contributed by atoms with E-state index in [4.69, 9.17) is 15.4 Å². The minimum atomic E-state index is -3.69. The molecule has 3 nitrogen and oxygen atoms in total. The third-order valence-electron chi connectivity index (χ3n) is 3.49. The average Bonchev–Trinajstić information content (AvgIpc) is 2.54. The van der Waals surface area contributed by atoms with Gasteiger partial charge in [-0.05, 0) is 54.7 Å². The average molecular weight is 313 g/mol. The molecular weight excluding hydrogens is 296 g/mol. The Kier molecular flexibility index (Phi) is 4.55. The van der Waals surface area contributed by atoms with Crippen LogP contribution in [0.25, 0.3) is 0 Å². The van der Waals surface area contributed by atoms with Crippen molar-refractivity contribution < 1.29 is 13.2 Å². The summed E-state index contributed by atoms with van der Waals surface area (Å²) in [6.07, 6.45) is 7.09. The van der Waals surface area contributed by atoms with Gasteiger partial charge in [0.1, 0.15) is 11.5 Å². The van der Waals surface area contributed by atoms with Gasteiger partial charge in [-0.2, -0.15) is 0 Å². The lowest BCUT2D eigenvalue weighted by atomic mass is 9.94. The van der Waals surface area contributed by atoms with Crippen LogP contribution in [-0.4, -0.2) is 8.42 Å². The maximum atomic E-state index is 11.2. The van der Waals surface area contributed by atoms with Gasteiger partial charge in [0.25, 0.3) is 9.05 Å². The highest BCUT2D eigenvalue weighted by Gasteiger charge is 2.13.